The van der Waals surface area contributed by atoms with E-state index in [4.69, 9.17) is 14.7 Å². The zero-order chi connectivity index (χ0) is 14.6. The largest absolute Gasteiger partial charge is 0.494 e. The number of ether oxygens (including phenoxy) is 2. The van der Waals surface area contributed by atoms with Crippen LogP contribution in [0.5, 0.6) is 5.75 Å². The van der Waals surface area contributed by atoms with Gasteiger partial charge < -0.3 is 9.47 Å². The van der Waals surface area contributed by atoms with Crippen LogP contribution < -0.4 is 9.64 Å². The van der Waals surface area contributed by atoms with E-state index in [1.54, 1.807) is 20.8 Å². The van der Waals surface area contributed by atoms with Gasteiger partial charge >= 0.3 is 6.09 Å². The molecule has 0 aliphatic heterocycles. The Kier molecular flexibility index (Phi) is 4.33. The third-order valence-electron chi connectivity index (χ3n) is 2.25. The lowest BCUT2D eigenvalue weighted by Crippen LogP contribution is -2.34. The molecule has 0 saturated carbocycles. The fourth-order valence-corrected chi connectivity index (χ4v) is 1.38. The summed E-state index contributed by atoms with van der Waals surface area (Å²) in [4.78, 5) is 17.1. The number of anilines is 1. The van der Waals surface area contributed by atoms with Crippen molar-refractivity contribution in [2.75, 3.05) is 19.1 Å². The molecule has 0 N–H and O–H groups in total. The standard InChI is InChI=1S/C13H17N3O3/c1-13(2,3)19-12(17)16(4)10-7-15-8-11(18-5)9(10)6-14/h7-8H,1-5H3. The number of nitrogens with zero attached hydrogens (tertiary/aromatic N) is 3. The van der Waals surface area contributed by atoms with Gasteiger partial charge in [-0.1, -0.05) is 0 Å². The molecule has 0 aliphatic rings. The second-order valence-electron chi connectivity index (χ2n) is 4.89. The Bertz CT molecular complexity index is 515. The second kappa shape index (κ2) is 5.57. The molecule has 102 valence electrons. The van der Waals surface area contributed by atoms with Crippen molar-refractivity contribution < 1.29 is 14.3 Å². The number of nitriles is 1. The van der Waals surface area contributed by atoms with Crippen LogP contribution in [0.4, 0.5) is 10.5 Å². The lowest BCUT2D eigenvalue weighted by atomic mass is 10.2. The molecule has 1 heterocycles. The zero-order valence-electron chi connectivity index (χ0n) is 11.7. The van der Waals surface area contributed by atoms with Gasteiger partial charge in [0.05, 0.1) is 25.2 Å². The normalized spacial score (nSPS) is 10.5. The minimum Gasteiger partial charge on any atom is -0.494 e. The highest BCUT2D eigenvalue weighted by molar-refractivity contribution is 5.89. The Balaban J connectivity index is 3.10. The summed E-state index contributed by atoms with van der Waals surface area (Å²) in [5.41, 5.74) is -0.0216. The van der Waals surface area contributed by atoms with Crippen LogP contribution in [0.2, 0.25) is 0 Å². The first-order chi connectivity index (χ1) is 8.80. The number of aromatic nitrogens is 1. The van der Waals surface area contributed by atoms with Gasteiger partial charge in [-0.15, -0.1) is 0 Å². The number of rotatable bonds is 2. The summed E-state index contributed by atoms with van der Waals surface area (Å²) in [5.74, 6) is 0.315. The summed E-state index contributed by atoms with van der Waals surface area (Å²) >= 11 is 0. The molecule has 0 aliphatic carbocycles. The Labute approximate surface area is 112 Å². The van der Waals surface area contributed by atoms with Gasteiger partial charge in [0, 0.05) is 7.05 Å². The Morgan fingerprint density at radius 1 is 1.42 bits per heavy atom. The summed E-state index contributed by atoms with van der Waals surface area (Å²) in [6.45, 7) is 5.31. The van der Waals surface area contributed by atoms with Crippen molar-refractivity contribution in [3.63, 3.8) is 0 Å². The first-order valence-corrected chi connectivity index (χ1v) is 5.69. The molecule has 0 spiro atoms. The van der Waals surface area contributed by atoms with E-state index in [1.807, 2.05) is 6.07 Å². The molecule has 0 unspecified atom stereocenters. The molecular weight excluding hydrogens is 246 g/mol. The molecule has 0 radical (unpaired) electrons. The number of carbonyl (C=O) groups excluding carboxylic acids is 1. The summed E-state index contributed by atoms with van der Waals surface area (Å²) < 4.78 is 10.3. The van der Waals surface area contributed by atoms with Gasteiger partial charge in [0.25, 0.3) is 0 Å². The van der Waals surface area contributed by atoms with Crippen LogP contribution in [-0.4, -0.2) is 30.8 Å². The highest BCUT2D eigenvalue weighted by Crippen LogP contribution is 2.27. The topological polar surface area (TPSA) is 75.4 Å². The molecule has 1 rings (SSSR count). The maximum Gasteiger partial charge on any atom is 0.414 e. The van der Waals surface area contributed by atoms with Crippen LogP contribution in [0.1, 0.15) is 26.3 Å². The Morgan fingerprint density at radius 2 is 2.05 bits per heavy atom. The third kappa shape index (κ3) is 3.58. The van der Waals surface area contributed by atoms with Crippen molar-refractivity contribution in [1.82, 2.24) is 4.98 Å². The van der Waals surface area contributed by atoms with Crippen LogP contribution in [0.25, 0.3) is 0 Å². The van der Waals surface area contributed by atoms with Crippen LogP contribution in [-0.2, 0) is 4.74 Å². The fourth-order valence-electron chi connectivity index (χ4n) is 1.38. The van der Waals surface area contributed by atoms with E-state index in [2.05, 4.69) is 4.98 Å². The molecule has 0 saturated heterocycles. The Hall–Kier alpha value is -2.29. The third-order valence-corrected chi connectivity index (χ3v) is 2.25. The van der Waals surface area contributed by atoms with Crippen LogP contribution in [0, 0.1) is 11.3 Å². The van der Waals surface area contributed by atoms with Crippen molar-refractivity contribution in [2.24, 2.45) is 0 Å². The van der Waals surface area contributed by atoms with Gasteiger partial charge in [-0.25, -0.2) is 4.79 Å². The summed E-state index contributed by atoms with van der Waals surface area (Å²) in [5, 5.41) is 9.16. The monoisotopic (exact) mass is 263 g/mol. The smallest absolute Gasteiger partial charge is 0.414 e. The van der Waals surface area contributed by atoms with Gasteiger partial charge in [0.15, 0.2) is 5.75 Å². The molecule has 0 bridgehead atoms. The summed E-state index contributed by atoms with van der Waals surface area (Å²) in [6.07, 6.45) is 2.29. The maximum atomic E-state index is 12.0. The van der Waals surface area contributed by atoms with Crippen LogP contribution in [0.15, 0.2) is 12.4 Å². The SMILES string of the molecule is COc1cncc(N(C)C(=O)OC(C)(C)C)c1C#N. The van der Waals surface area contributed by atoms with Gasteiger partial charge in [-0.2, -0.15) is 5.26 Å². The number of hydrogen-bond donors (Lipinski definition) is 0. The summed E-state index contributed by atoms with van der Waals surface area (Å²) in [7, 11) is 2.96. The van der Waals surface area contributed by atoms with Crippen LogP contribution in [0.3, 0.4) is 0 Å². The minimum atomic E-state index is -0.607. The number of amides is 1. The average Bonchev–Trinajstić information content (AvgIpc) is 2.34. The molecule has 1 amide bonds. The molecule has 1 aromatic rings. The maximum absolute atomic E-state index is 12.0. The van der Waals surface area contributed by atoms with Crippen LogP contribution >= 0.6 is 0 Å². The molecule has 19 heavy (non-hydrogen) atoms. The fraction of sp³-hybridized carbons (Fsp3) is 0.462. The lowest BCUT2D eigenvalue weighted by Gasteiger charge is -2.25. The lowest BCUT2D eigenvalue weighted by molar-refractivity contribution is 0.0589. The van der Waals surface area contributed by atoms with Gasteiger partial charge in [-0.3, -0.25) is 9.88 Å². The zero-order valence-corrected chi connectivity index (χ0v) is 11.7. The Morgan fingerprint density at radius 3 is 2.53 bits per heavy atom. The van der Waals surface area contributed by atoms with E-state index in [0.29, 0.717) is 11.4 Å². The highest BCUT2D eigenvalue weighted by atomic mass is 16.6. The molecule has 6 heteroatoms. The molecule has 0 aromatic carbocycles. The van der Waals surface area contributed by atoms with E-state index in [-0.39, 0.29) is 5.56 Å². The highest BCUT2D eigenvalue weighted by Gasteiger charge is 2.23. The number of hydrogen-bond acceptors (Lipinski definition) is 5. The molecular formula is C13H17N3O3. The first kappa shape index (κ1) is 14.8. The van der Waals surface area contributed by atoms with Gasteiger partial charge in [-0.05, 0) is 20.8 Å². The van der Waals surface area contributed by atoms with Crippen molar-refractivity contribution in [3.05, 3.63) is 18.0 Å². The van der Waals surface area contributed by atoms with E-state index >= 15 is 0 Å². The minimum absolute atomic E-state index is 0.242. The molecule has 0 fully saturated rings. The van der Waals surface area contributed by atoms with E-state index < -0.39 is 11.7 Å². The average molecular weight is 263 g/mol. The molecule has 0 atom stereocenters. The number of methoxy groups -OCH3 is 1. The predicted octanol–water partition coefficient (Wildman–Crippen LogP) is 2.33. The number of carbonyl (C=O) groups is 1. The van der Waals surface area contributed by atoms with Crippen molar-refractivity contribution >= 4 is 11.8 Å². The van der Waals surface area contributed by atoms with E-state index in [9.17, 15) is 4.79 Å². The molecule has 6 nitrogen and oxygen atoms in total. The predicted molar refractivity (Wildman–Crippen MR) is 70.1 cm³/mol. The first-order valence-electron chi connectivity index (χ1n) is 5.69. The van der Waals surface area contributed by atoms with Crippen molar-refractivity contribution in [1.29, 1.82) is 5.26 Å². The number of pyridine rings is 1. The van der Waals surface area contributed by atoms with E-state index in [0.717, 1.165) is 0 Å². The van der Waals surface area contributed by atoms with Crippen molar-refractivity contribution in [2.45, 2.75) is 26.4 Å². The quantitative estimate of drug-likeness (QED) is 0.818. The van der Waals surface area contributed by atoms with Gasteiger partial charge in [0.1, 0.15) is 17.2 Å². The van der Waals surface area contributed by atoms with E-state index in [1.165, 1.54) is 31.5 Å². The van der Waals surface area contributed by atoms with Crippen molar-refractivity contribution in [3.8, 4) is 11.8 Å². The second-order valence-corrected chi connectivity index (χ2v) is 4.89. The van der Waals surface area contributed by atoms with Gasteiger partial charge in [0.2, 0.25) is 0 Å². The summed E-state index contributed by atoms with van der Waals surface area (Å²) in [6, 6.07) is 2.00. The molecule has 1 aromatic heterocycles.